The molecule has 19 heavy (non-hydrogen) atoms. The van der Waals surface area contributed by atoms with Gasteiger partial charge in [0.05, 0.1) is 21.6 Å². The molecule has 98 valence electrons. The lowest BCUT2D eigenvalue weighted by molar-refractivity contribution is -0.387. The molecule has 0 aliphatic rings. The number of hydrogen-bond donors (Lipinski definition) is 1. The maximum atomic E-state index is 11.1. The van der Waals surface area contributed by atoms with E-state index in [0.717, 1.165) is 11.8 Å². The molecule has 0 unspecified atom stereocenters. The second-order valence-corrected chi connectivity index (χ2v) is 4.75. The van der Waals surface area contributed by atoms with E-state index in [1.165, 1.54) is 29.1 Å². The molecular formula is C11H9N3O4S. The van der Waals surface area contributed by atoms with Gasteiger partial charge in [0, 0.05) is 19.3 Å². The third kappa shape index (κ3) is 2.74. The Hall–Kier alpha value is -2.35. The van der Waals surface area contributed by atoms with Gasteiger partial charge in [-0.3, -0.25) is 14.8 Å². The minimum Gasteiger partial charge on any atom is -0.478 e. The standard InChI is InChI=1S/C11H9N3O4S/c1-13-6-7(5-12-13)19-10-8(11(15)16)3-2-4-9(10)14(17)18/h2-6H,1H3,(H,15,16). The summed E-state index contributed by atoms with van der Waals surface area (Å²) in [6.45, 7) is 0. The zero-order valence-electron chi connectivity index (χ0n) is 9.81. The van der Waals surface area contributed by atoms with Crippen molar-refractivity contribution in [1.82, 2.24) is 9.78 Å². The van der Waals surface area contributed by atoms with Gasteiger partial charge in [-0.1, -0.05) is 17.8 Å². The van der Waals surface area contributed by atoms with E-state index < -0.39 is 10.9 Å². The lowest BCUT2D eigenvalue weighted by Crippen LogP contribution is -2.01. The summed E-state index contributed by atoms with van der Waals surface area (Å²) in [5.74, 6) is -1.20. The Morgan fingerprint density at radius 2 is 2.26 bits per heavy atom. The van der Waals surface area contributed by atoms with Gasteiger partial charge in [-0.2, -0.15) is 5.10 Å². The van der Waals surface area contributed by atoms with Crippen LogP contribution in [-0.2, 0) is 7.05 Å². The first-order valence-electron chi connectivity index (χ1n) is 5.16. The average molecular weight is 279 g/mol. The number of rotatable bonds is 4. The molecule has 1 heterocycles. The van der Waals surface area contributed by atoms with Crippen LogP contribution < -0.4 is 0 Å². The van der Waals surface area contributed by atoms with Crippen LogP contribution >= 0.6 is 11.8 Å². The number of nitrogens with zero attached hydrogens (tertiary/aromatic N) is 3. The third-order valence-electron chi connectivity index (χ3n) is 2.32. The quantitative estimate of drug-likeness (QED) is 0.680. The topological polar surface area (TPSA) is 98.3 Å². The number of hydrogen-bond acceptors (Lipinski definition) is 5. The Bertz CT molecular complexity index is 621. The normalized spacial score (nSPS) is 10.4. The molecule has 0 radical (unpaired) electrons. The number of aromatic carboxylic acids is 1. The Kier molecular flexibility index (Phi) is 3.52. The first kappa shape index (κ1) is 13.1. The molecule has 0 spiro atoms. The van der Waals surface area contributed by atoms with Crippen molar-refractivity contribution in [2.24, 2.45) is 7.05 Å². The highest BCUT2D eigenvalue weighted by Gasteiger charge is 2.22. The van der Waals surface area contributed by atoms with Crippen molar-refractivity contribution in [3.05, 3.63) is 46.3 Å². The van der Waals surface area contributed by atoms with E-state index in [9.17, 15) is 14.9 Å². The van der Waals surface area contributed by atoms with Gasteiger partial charge in [-0.15, -0.1) is 0 Å². The number of carboxylic acids is 1. The van der Waals surface area contributed by atoms with E-state index in [2.05, 4.69) is 5.10 Å². The summed E-state index contributed by atoms with van der Waals surface area (Å²) in [7, 11) is 1.71. The molecular weight excluding hydrogens is 270 g/mol. The van der Waals surface area contributed by atoms with Crippen molar-refractivity contribution in [2.75, 3.05) is 0 Å². The van der Waals surface area contributed by atoms with Gasteiger partial charge in [0.1, 0.15) is 4.90 Å². The molecule has 0 saturated heterocycles. The van der Waals surface area contributed by atoms with Gasteiger partial charge in [0.25, 0.3) is 5.69 Å². The van der Waals surface area contributed by atoms with Crippen LogP contribution in [0.1, 0.15) is 10.4 Å². The highest BCUT2D eigenvalue weighted by molar-refractivity contribution is 7.99. The van der Waals surface area contributed by atoms with Crippen molar-refractivity contribution in [2.45, 2.75) is 9.79 Å². The summed E-state index contributed by atoms with van der Waals surface area (Å²) in [5, 5.41) is 24.0. The molecule has 1 aromatic carbocycles. The summed E-state index contributed by atoms with van der Waals surface area (Å²) in [5.41, 5.74) is -0.322. The number of nitro groups is 1. The number of aromatic nitrogens is 2. The monoisotopic (exact) mass is 279 g/mol. The average Bonchev–Trinajstić information content (AvgIpc) is 2.74. The second-order valence-electron chi connectivity index (χ2n) is 3.67. The predicted octanol–water partition coefficient (Wildman–Crippen LogP) is 2.18. The first-order chi connectivity index (χ1) is 8.99. The van der Waals surface area contributed by atoms with E-state index in [4.69, 9.17) is 5.11 Å². The number of nitro benzene ring substituents is 1. The molecule has 0 saturated carbocycles. The van der Waals surface area contributed by atoms with E-state index in [1.54, 1.807) is 13.2 Å². The zero-order valence-corrected chi connectivity index (χ0v) is 10.6. The van der Waals surface area contributed by atoms with E-state index in [0.29, 0.717) is 4.90 Å². The molecule has 0 aliphatic heterocycles. The SMILES string of the molecule is Cn1cc(Sc2c(C(=O)O)cccc2[N+](=O)[O-])cn1. The van der Waals surface area contributed by atoms with Crippen LogP contribution in [0.3, 0.4) is 0 Å². The van der Waals surface area contributed by atoms with Gasteiger partial charge in [-0.25, -0.2) is 4.79 Å². The van der Waals surface area contributed by atoms with Crippen molar-refractivity contribution in [3.63, 3.8) is 0 Å². The number of carboxylic acid groups (broad SMARTS) is 1. The van der Waals surface area contributed by atoms with Gasteiger partial charge in [0.2, 0.25) is 0 Å². The maximum Gasteiger partial charge on any atom is 0.337 e. The van der Waals surface area contributed by atoms with Gasteiger partial charge in [0.15, 0.2) is 0 Å². The van der Waals surface area contributed by atoms with Crippen molar-refractivity contribution < 1.29 is 14.8 Å². The summed E-state index contributed by atoms with van der Waals surface area (Å²) in [6, 6.07) is 3.98. The van der Waals surface area contributed by atoms with Crippen LogP contribution in [0.15, 0.2) is 40.4 Å². The van der Waals surface area contributed by atoms with E-state index in [-0.39, 0.29) is 16.1 Å². The van der Waals surface area contributed by atoms with Gasteiger partial charge in [-0.05, 0) is 6.07 Å². The fourth-order valence-electron chi connectivity index (χ4n) is 1.51. The van der Waals surface area contributed by atoms with Crippen molar-refractivity contribution >= 4 is 23.4 Å². The molecule has 0 bridgehead atoms. The Balaban J connectivity index is 2.52. The number of carbonyl (C=O) groups is 1. The van der Waals surface area contributed by atoms with Gasteiger partial charge >= 0.3 is 5.97 Å². The lowest BCUT2D eigenvalue weighted by Gasteiger charge is -2.04. The summed E-state index contributed by atoms with van der Waals surface area (Å²) in [6.07, 6.45) is 3.18. The minimum absolute atomic E-state index is 0.0944. The smallest absolute Gasteiger partial charge is 0.337 e. The summed E-state index contributed by atoms with van der Waals surface area (Å²) < 4.78 is 1.54. The van der Waals surface area contributed by atoms with Crippen LogP contribution in [0.2, 0.25) is 0 Å². The Morgan fingerprint density at radius 3 is 2.79 bits per heavy atom. The lowest BCUT2D eigenvalue weighted by atomic mass is 10.2. The molecule has 0 fully saturated rings. The van der Waals surface area contributed by atoms with Crippen LogP contribution in [-0.4, -0.2) is 25.8 Å². The third-order valence-corrected chi connectivity index (χ3v) is 3.40. The molecule has 8 heteroatoms. The summed E-state index contributed by atoms with van der Waals surface area (Å²) >= 11 is 1.01. The number of aryl methyl sites for hydroxylation is 1. The summed E-state index contributed by atoms with van der Waals surface area (Å²) in [4.78, 5) is 22.3. The Morgan fingerprint density at radius 1 is 1.53 bits per heavy atom. The van der Waals surface area contributed by atoms with Crippen LogP contribution in [0, 0.1) is 10.1 Å². The maximum absolute atomic E-state index is 11.1. The molecule has 0 aliphatic carbocycles. The first-order valence-corrected chi connectivity index (χ1v) is 5.98. The fraction of sp³-hybridized carbons (Fsp3) is 0.0909. The molecule has 0 atom stereocenters. The molecule has 1 aromatic heterocycles. The Labute approximate surface area is 112 Å². The van der Waals surface area contributed by atoms with E-state index in [1.807, 2.05) is 0 Å². The van der Waals surface area contributed by atoms with E-state index >= 15 is 0 Å². The van der Waals surface area contributed by atoms with Crippen molar-refractivity contribution in [3.8, 4) is 0 Å². The van der Waals surface area contributed by atoms with Crippen LogP contribution in [0.4, 0.5) is 5.69 Å². The largest absolute Gasteiger partial charge is 0.478 e. The molecule has 1 N–H and O–H groups in total. The molecule has 2 aromatic rings. The zero-order chi connectivity index (χ0) is 14.0. The highest BCUT2D eigenvalue weighted by atomic mass is 32.2. The minimum atomic E-state index is -1.20. The van der Waals surface area contributed by atoms with Crippen LogP contribution in [0.25, 0.3) is 0 Å². The fourth-order valence-corrected chi connectivity index (χ4v) is 2.57. The molecule has 7 nitrogen and oxygen atoms in total. The molecule has 2 rings (SSSR count). The second kappa shape index (κ2) is 5.11. The van der Waals surface area contributed by atoms with Crippen molar-refractivity contribution in [1.29, 1.82) is 0 Å². The van der Waals surface area contributed by atoms with Crippen LogP contribution in [0.5, 0.6) is 0 Å². The molecule has 0 amide bonds. The van der Waals surface area contributed by atoms with Gasteiger partial charge < -0.3 is 5.11 Å². The number of benzene rings is 1. The predicted molar refractivity (Wildman–Crippen MR) is 67.4 cm³/mol. The highest BCUT2D eigenvalue weighted by Crippen LogP contribution is 2.37.